The fourth-order valence-corrected chi connectivity index (χ4v) is 3.03. The Kier molecular flexibility index (Phi) is 7.28. The van der Waals surface area contributed by atoms with Gasteiger partial charge in [-0.05, 0) is 56.1 Å². The highest BCUT2D eigenvalue weighted by Gasteiger charge is 2.26. The van der Waals surface area contributed by atoms with E-state index in [-0.39, 0.29) is 5.41 Å². The van der Waals surface area contributed by atoms with Gasteiger partial charge in [-0.1, -0.05) is 62.3 Å². The molecule has 126 valence electrons. The lowest BCUT2D eigenvalue weighted by molar-refractivity contribution is -0.131. The Labute approximate surface area is 141 Å². The van der Waals surface area contributed by atoms with E-state index < -0.39 is 5.97 Å². The number of carboxylic acid groups (broad SMARTS) is 1. The number of rotatable bonds is 6. The van der Waals surface area contributed by atoms with Crippen molar-refractivity contribution in [1.29, 1.82) is 0 Å². The molecule has 0 saturated heterocycles. The van der Waals surface area contributed by atoms with Crippen molar-refractivity contribution in [3.8, 4) is 0 Å². The van der Waals surface area contributed by atoms with Crippen molar-refractivity contribution in [3.63, 3.8) is 0 Å². The van der Waals surface area contributed by atoms with Gasteiger partial charge in [0.2, 0.25) is 0 Å². The Morgan fingerprint density at radius 2 is 2.00 bits per heavy atom. The van der Waals surface area contributed by atoms with Crippen LogP contribution in [0.5, 0.6) is 0 Å². The minimum absolute atomic E-state index is 0.258. The summed E-state index contributed by atoms with van der Waals surface area (Å²) in [5, 5.41) is 8.78. The second kappa shape index (κ2) is 8.71. The second-order valence-electron chi connectivity index (χ2n) is 6.95. The van der Waals surface area contributed by atoms with Gasteiger partial charge in [-0.2, -0.15) is 0 Å². The minimum Gasteiger partial charge on any atom is -0.478 e. The summed E-state index contributed by atoms with van der Waals surface area (Å²) >= 11 is 0. The Hall–Kier alpha value is -1.83. The molecule has 0 aromatic rings. The van der Waals surface area contributed by atoms with Gasteiger partial charge in [0, 0.05) is 6.08 Å². The molecule has 0 fully saturated rings. The largest absolute Gasteiger partial charge is 0.478 e. The third-order valence-corrected chi connectivity index (χ3v) is 4.44. The van der Waals surface area contributed by atoms with Gasteiger partial charge in [-0.25, -0.2) is 4.79 Å². The quantitative estimate of drug-likeness (QED) is 0.483. The zero-order valence-electron chi connectivity index (χ0n) is 15.1. The van der Waals surface area contributed by atoms with Crippen LogP contribution in [0.4, 0.5) is 0 Å². The highest BCUT2D eigenvalue weighted by Crippen LogP contribution is 2.40. The predicted octanol–water partition coefficient (Wildman–Crippen LogP) is 5.99. The van der Waals surface area contributed by atoms with E-state index in [0.717, 1.165) is 11.1 Å². The summed E-state index contributed by atoms with van der Waals surface area (Å²) in [4.78, 5) is 10.7. The standard InChI is InChI=1S/C21H30O2/c1-6-18(15-20(22)23)11-7-9-16(2)12-13-19-17(3)10-8-14-21(19,4)5/h7,9,11-13,15H,6,8,10,14H2,1-5H3,(H,22,23)/b11-7+,13-12+,16-9-,18-15-. The van der Waals surface area contributed by atoms with Gasteiger partial charge in [-0.3, -0.25) is 0 Å². The molecule has 0 bridgehead atoms. The number of allylic oxidation sites excluding steroid dienone is 9. The van der Waals surface area contributed by atoms with Gasteiger partial charge in [-0.15, -0.1) is 0 Å². The minimum atomic E-state index is -0.894. The maximum absolute atomic E-state index is 10.7. The van der Waals surface area contributed by atoms with Crippen LogP contribution in [0.1, 0.15) is 60.3 Å². The van der Waals surface area contributed by atoms with Crippen LogP contribution in [0.25, 0.3) is 0 Å². The van der Waals surface area contributed by atoms with E-state index in [4.69, 9.17) is 5.11 Å². The van der Waals surface area contributed by atoms with Crippen molar-refractivity contribution < 1.29 is 9.90 Å². The number of hydrogen-bond acceptors (Lipinski definition) is 1. The number of carboxylic acids is 1. The molecular weight excluding hydrogens is 284 g/mol. The lowest BCUT2D eigenvalue weighted by Crippen LogP contribution is -2.19. The third kappa shape index (κ3) is 6.43. The highest BCUT2D eigenvalue weighted by atomic mass is 16.4. The van der Waals surface area contributed by atoms with E-state index in [0.29, 0.717) is 6.42 Å². The summed E-state index contributed by atoms with van der Waals surface area (Å²) in [5.74, 6) is -0.894. The van der Waals surface area contributed by atoms with Crippen LogP contribution < -0.4 is 0 Å². The van der Waals surface area contributed by atoms with E-state index in [1.807, 2.05) is 25.2 Å². The molecule has 23 heavy (non-hydrogen) atoms. The molecule has 1 rings (SSSR count). The van der Waals surface area contributed by atoms with Crippen LogP contribution in [0.15, 0.2) is 58.7 Å². The Morgan fingerprint density at radius 1 is 1.30 bits per heavy atom. The molecule has 0 unspecified atom stereocenters. The summed E-state index contributed by atoms with van der Waals surface area (Å²) in [6.45, 7) is 10.9. The maximum Gasteiger partial charge on any atom is 0.328 e. The van der Waals surface area contributed by atoms with E-state index in [1.165, 1.54) is 36.5 Å². The molecule has 2 heteroatoms. The van der Waals surface area contributed by atoms with Crippen LogP contribution >= 0.6 is 0 Å². The van der Waals surface area contributed by atoms with Crippen molar-refractivity contribution in [2.24, 2.45) is 5.41 Å². The summed E-state index contributed by atoms with van der Waals surface area (Å²) in [6.07, 6.45) is 15.9. The van der Waals surface area contributed by atoms with Crippen LogP contribution in [0.2, 0.25) is 0 Å². The Bertz CT molecular complexity index is 581. The monoisotopic (exact) mass is 314 g/mol. The number of carbonyl (C=O) groups is 1. The van der Waals surface area contributed by atoms with Crippen LogP contribution in [0.3, 0.4) is 0 Å². The smallest absolute Gasteiger partial charge is 0.328 e. The predicted molar refractivity (Wildman–Crippen MR) is 98.4 cm³/mol. The Balaban J connectivity index is 2.82. The van der Waals surface area contributed by atoms with Crippen molar-refractivity contribution in [1.82, 2.24) is 0 Å². The summed E-state index contributed by atoms with van der Waals surface area (Å²) < 4.78 is 0. The first-order valence-electron chi connectivity index (χ1n) is 8.43. The van der Waals surface area contributed by atoms with E-state index in [1.54, 1.807) is 0 Å². The molecule has 0 aliphatic heterocycles. The first kappa shape index (κ1) is 19.2. The second-order valence-corrected chi connectivity index (χ2v) is 6.95. The van der Waals surface area contributed by atoms with Crippen molar-refractivity contribution in [2.45, 2.75) is 60.3 Å². The van der Waals surface area contributed by atoms with Gasteiger partial charge in [0.05, 0.1) is 0 Å². The van der Waals surface area contributed by atoms with Crippen LogP contribution in [0, 0.1) is 5.41 Å². The van der Waals surface area contributed by atoms with Gasteiger partial charge in [0.1, 0.15) is 0 Å². The SMILES string of the molecule is CCC(=C/C(=O)O)/C=C/C=C(C)\C=C\C1=C(C)CCCC1(C)C. The van der Waals surface area contributed by atoms with Crippen molar-refractivity contribution in [2.75, 3.05) is 0 Å². The third-order valence-electron chi connectivity index (χ3n) is 4.44. The fraction of sp³-hybridized carbons (Fsp3) is 0.476. The number of hydrogen-bond donors (Lipinski definition) is 1. The summed E-state index contributed by atoms with van der Waals surface area (Å²) in [7, 11) is 0. The van der Waals surface area contributed by atoms with Gasteiger partial charge < -0.3 is 5.11 Å². The molecular formula is C21H30O2. The normalized spacial score (nSPS) is 19.9. The molecule has 0 radical (unpaired) electrons. The average molecular weight is 314 g/mol. The molecule has 0 spiro atoms. The molecule has 0 heterocycles. The molecule has 0 atom stereocenters. The lowest BCUT2D eigenvalue weighted by Gasteiger charge is -2.32. The van der Waals surface area contributed by atoms with Gasteiger partial charge in [0.15, 0.2) is 0 Å². The maximum atomic E-state index is 10.7. The topological polar surface area (TPSA) is 37.3 Å². The van der Waals surface area contributed by atoms with E-state index in [9.17, 15) is 4.79 Å². The Morgan fingerprint density at radius 3 is 2.57 bits per heavy atom. The van der Waals surface area contributed by atoms with Crippen LogP contribution in [-0.4, -0.2) is 11.1 Å². The van der Waals surface area contributed by atoms with Gasteiger partial charge in [0.25, 0.3) is 0 Å². The molecule has 1 aliphatic carbocycles. The molecule has 0 saturated carbocycles. The molecule has 1 N–H and O–H groups in total. The molecule has 0 aromatic carbocycles. The summed E-state index contributed by atoms with van der Waals surface area (Å²) in [6, 6.07) is 0. The molecule has 1 aliphatic rings. The van der Waals surface area contributed by atoms with E-state index in [2.05, 4.69) is 39.8 Å². The van der Waals surface area contributed by atoms with Crippen molar-refractivity contribution >= 4 is 5.97 Å². The first-order chi connectivity index (χ1) is 10.8. The summed E-state index contributed by atoms with van der Waals surface area (Å²) in [5.41, 5.74) is 5.19. The molecule has 0 amide bonds. The van der Waals surface area contributed by atoms with Gasteiger partial charge >= 0.3 is 5.97 Å². The molecule has 0 aromatic heterocycles. The molecule has 2 nitrogen and oxygen atoms in total. The lowest BCUT2D eigenvalue weighted by atomic mass is 9.72. The average Bonchev–Trinajstić information content (AvgIpc) is 2.44. The van der Waals surface area contributed by atoms with Crippen molar-refractivity contribution in [3.05, 3.63) is 58.7 Å². The fourth-order valence-electron chi connectivity index (χ4n) is 3.03. The first-order valence-corrected chi connectivity index (χ1v) is 8.43. The highest BCUT2D eigenvalue weighted by molar-refractivity contribution is 5.81. The number of aliphatic carboxylic acids is 1. The van der Waals surface area contributed by atoms with E-state index >= 15 is 0 Å². The zero-order chi connectivity index (χ0) is 17.5. The zero-order valence-corrected chi connectivity index (χ0v) is 15.1. The van der Waals surface area contributed by atoms with Crippen LogP contribution in [-0.2, 0) is 4.79 Å².